The molecule has 0 atom stereocenters. The molecule has 2 aromatic heterocycles. The summed E-state index contributed by atoms with van der Waals surface area (Å²) in [5.74, 6) is 0.506. The number of carbonyl (C=O) groups excluding carboxylic acids is 1. The average Bonchev–Trinajstić information content (AvgIpc) is 3.19. The Labute approximate surface area is 138 Å². The Balaban J connectivity index is 2.17. The van der Waals surface area contributed by atoms with Crippen LogP contribution in [0.5, 0.6) is 0 Å². The van der Waals surface area contributed by atoms with Crippen LogP contribution in [0, 0.1) is 18.3 Å². The summed E-state index contributed by atoms with van der Waals surface area (Å²) >= 11 is 0. The number of para-hydroxylation sites is 1. The van der Waals surface area contributed by atoms with E-state index in [9.17, 15) is 4.79 Å². The molecule has 6 nitrogen and oxygen atoms in total. The van der Waals surface area contributed by atoms with Gasteiger partial charge < -0.3 is 10.2 Å². The summed E-state index contributed by atoms with van der Waals surface area (Å²) in [5.41, 5.74) is 7.03. The van der Waals surface area contributed by atoms with Crippen LogP contribution in [0.25, 0.3) is 23.2 Å². The minimum Gasteiger partial charge on any atom is -0.460 e. The minimum absolute atomic E-state index is 0.146. The Morgan fingerprint density at radius 2 is 2.04 bits per heavy atom. The maximum Gasteiger partial charge on any atom is 0.259 e. The van der Waals surface area contributed by atoms with E-state index in [2.05, 4.69) is 5.10 Å². The summed E-state index contributed by atoms with van der Waals surface area (Å²) in [6.45, 7) is 1.83. The van der Waals surface area contributed by atoms with Crippen LogP contribution >= 0.6 is 0 Å². The van der Waals surface area contributed by atoms with Gasteiger partial charge in [-0.2, -0.15) is 10.4 Å². The van der Waals surface area contributed by atoms with Crippen molar-refractivity contribution in [3.05, 3.63) is 65.6 Å². The van der Waals surface area contributed by atoms with Gasteiger partial charge in [-0.05, 0) is 37.3 Å². The zero-order chi connectivity index (χ0) is 17.1. The van der Waals surface area contributed by atoms with E-state index in [1.165, 1.54) is 6.08 Å². The van der Waals surface area contributed by atoms with Gasteiger partial charge in [0.25, 0.3) is 5.91 Å². The number of nitrogens with two attached hydrogens (primary N) is 1. The molecule has 1 aromatic carbocycles. The first-order chi connectivity index (χ1) is 11.6. The lowest BCUT2D eigenvalue weighted by Gasteiger charge is -1.98. The van der Waals surface area contributed by atoms with E-state index in [0.717, 1.165) is 11.4 Å². The summed E-state index contributed by atoms with van der Waals surface area (Å²) < 4.78 is 7.29. The number of hydrogen-bond acceptors (Lipinski definition) is 4. The number of primary amides is 1. The molecule has 0 saturated heterocycles. The van der Waals surface area contributed by atoms with Crippen molar-refractivity contribution < 1.29 is 9.21 Å². The molecular weight excluding hydrogens is 304 g/mol. The van der Waals surface area contributed by atoms with Gasteiger partial charge in [0, 0.05) is 11.8 Å². The molecule has 0 unspecified atom stereocenters. The van der Waals surface area contributed by atoms with Crippen molar-refractivity contribution >= 4 is 12.0 Å². The Morgan fingerprint density at radius 1 is 1.29 bits per heavy atom. The van der Waals surface area contributed by atoms with E-state index in [1.54, 1.807) is 23.0 Å². The number of rotatable bonds is 4. The van der Waals surface area contributed by atoms with Crippen LogP contribution in [0.2, 0.25) is 0 Å². The van der Waals surface area contributed by atoms with Crippen molar-refractivity contribution in [2.45, 2.75) is 6.92 Å². The van der Waals surface area contributed by atoms with Crippen LogP contribution in [0.1, 0.15) is 11.3 Å². The summed E-state index contributed by atoms with van der Waals surface area (Å²) in [4.78, 5) is 11.3. The van der Waals surface area contributed by atoms with Crippen molar-refractivity contribution in [1.29, 1.82) is 5.26 Å². The monoisotopic (exact) mass is 318 g/mol. The molecule has 3 rings (SSSR count). The maximum absolute atomic E-state index is 11.3. The predicted molar refractivity (Wildman–Crippen MR) is 88.8 cm³/mol. The zero-order valence-electron chi connectivity index (χ0n) is 12.9. The molecule has 0 radical (unpaired) electrons. The topological polar surface area (TPSA) is 97.8 Å². The van der Waals surface area contributed by atoms with E-state index in [-0.39, 0.29) is 5.57 Å². The van der Waals surface area contributed by atoms with E-state index < -0.39 is 5.91 Å². The van der Waals surface area contributed by atoms with Gasteiger partial charge in [-0.1, -0.05) is 18.2 Å². The molecule has 24 heavy (non-hydrogen) atoms. The molecule has 0 aliphatic rings. The molecule has 0 saturated carbocycles. The smallest absolute Gasteiger partial charge is 0.259 e. The first-order valence-corrected chi connectivity index (χ1v) is 7.22. The second-order valence-corrected chi connectivity index (χ2v) is 5.16. The molecule has 0 aliphatic carbocycles. The van der Waals surface area contributed by atoms with E-state index in [0.29, 0.717) is 17.0 Å². The third-order valence-electron chi connectivity index (χ3n) is 3.42. The predicted octanol–water partition coefficient (Wildman–Crippen LogP) is 2.83. The molecule has 0 aliphatic heterocycles. The number of furan rings is 1. The summed E-state index contributed by atoms with van der Waals surface area (Å²) in [6.07, 6.45) is 3.14. The molecule has 0 spiro atoms. The molecule has 3 aromatic rings. The number of benzene rings is 1. The van der Waals surface area contributed by atoms with Crippen LogP contribution in [0.15, 0.2) is 58.7 Å². The molecule has 6 heteroatoms. The van der Waals surface area contributed by atoms with Crippen molar-refractivity contribution in [2.24, 2.45) is 5.73 Å². The van der Waals surface area contributed by atoms with E-state index in [4.69, 9.17) is 15.4 Å². The van der Waals surface area contributed by atoms with Crippen LogP contribution < -0.4 is 5.73 Å². The van der Waals surface area contributed by atoms with Crippen molar-refractivity contribution in [3.63, 3.8) is 0 Å². The highest BCUT2D eigenvalue weighted by Crippen LogP contribution is 2.27. The second-order valence-electron chi connectivity index (χ2n) is 5.16. The van der Waals surface area contributed by atoms with Crippen molar-refractivity contribution in [2.75, 3.05) is 0 Å². The molecule has 2 N–H and O–H groups in total. The third-order valence-corrected chi connectivity index (χ3v) is 3.42. The van der Waals surface area contributed by atoms with E-state index in [1.807, 2.05) is 43.3 Å². The minimum atomic E-state index is -0.786. The first kappa shape index (κ1) is 15.3. The zero-order valence-corrected chi connectivity index (χ0v) is 12.9. The first-order valence-electron chi connectivity index (χ1n) is 7.22. The van der Waals surface area contributed by atoms with Crippen molar-refractivity contribution in [1.82, 2.24) is 9.78 Å². The Bertz CT molecular complexity index is 959. The number of nitriles is 1. The number of aromatic nitrogens is 2. The third kappa shape index (κ3) is 2.96. The van der Waals surface area contributed by atoms with Crippen LogP contribution in [0.3, 0.4) is 0 Å². The van der Waals surface area contributed by atoms with Gasteiger partial charge in [0.2, 0.25) is 0 Å². The molecule has 2 heterocycles. The normalized spacial score (nSPS) is 11.2. The Kier molecular flexibility index (Phi) is 4.00. The molecule has 0 bridgehead atoms. The summed E-state index contributed by atoms with van der Waals surface area (Å²) in [5, 5.41) is 13.6. The molecule has 1 amide bonds. The van der Waals surface area contributed by atoms with Gasteiger partial charge in [-0.15, -0.1) is 0 Å². The van der Waals surface area contributed by atoms with Gasteiger partial charge >= 0.3 is 0 Å². The lowest BCUT2D eigenvalue weighted by molar-refractivity contribution is -0.114. The van der Waals surface area contributed by atoms with Crippen molar-refractivity contribution in [3.8, 4) is 23.2 Å². The average molecular weight is 318 g/mol. The number of carbonyl (C=O) groups is 1. The molecular formula is C18H14N4O2. The number of amides is 1. The summed E-state index contributed by atoms with van der Waals surface area (Å²) in [7, 11) is 0. The highest BCUT2D eigenvalue weighted by Gasteiger charge is 2.15. The summed E-state index contributed by atoms with van der Waals surface area (Å²) in [6, 6.07) is 14.9. The Hall–Kier alpha value is -3.59. The van der Waals surface area contributed by atoms with Crippen LogP contribution in [0.4, 0.5) is 0 Å². The number of hydrogen-bond donors (Lipinski definition) is 1. The lowest BCUT2D eigenvalue weighted by atomic mass is 10.1. The standard InChI is InChI=1S/C18H14N4O2/c1-12-7-8-16(24-12)17-14(9-13(10-19)18(20)23)11-22(21-17)15-5-3-2-4-6-15/h2-9,11H,1H3,(H2,20,23). The SMILES string of the molecule is Cc1ccc(-c2nn(-c3ccccc3)cc2C=C(C#N)C(N)=O)o1. The largest absolute Gasteiger partial charge is 0.460 e. The highest BCUT2D eigenvalue weighted by atomic mass is 16.3. The number of nitrogens with zero attached hydrogens (tertiary/aromatic N) is 3. The molecule has 118 valence electrons. The van der Waals surface area contributed by atoms with Gasteiger partial charge in [0.1, 0.15) is 23.1 Å². The van der Waals surface area contributed by atoms with E-state index >= 15 is 0 Å². The maximum atomic E-state index is 11.3. The quantitative estimate of drug-likeness (QED) is 0.590. The lowest BCUT2D eigenvalue weighted by Crippen LogP contribution is -2.12. The van der Waals surface area contributed by atoms with Crippen LogP contribution in [-0.2, 0) is 4.79 Å². The fourth-order valence-electron chi connectivity index (χ4n) is 2.27. The number of aryl methyl sites for hydroxylation is 1. The van der Waals surface area contributed by atoms with Crippen LogP contribution in [-0.4, -0.2) is 15.7 Å². The highest BCUT2D eigenvalue weighted by molar-refractivity contribution is 6.01. The van der Waals surface area contributed by atoms with Gasteiger partial charge in [0.15, 0.2) is 5.76 Å². The van der Waals surface area contributed by atoms with Gasteiger partial charge in [0.05, 0.1) is 5.69 Å². The van der Waals surface area contributed by atoms with Gasteiger partial charge in [-0.3, -0.25) is 4.79 Å². The van der Waals surface area contributed by atoms with Gasteiger partial charge in [-0.25, -0.2) is 4.68 Å². The fourth-order valence-corrected chi connectivity index (χ4v) is 2.27. The Morgan fingerprint density at radius 3 is 2.62 bits per heavy atom. The second kappa shape index (κ2) is 6.26. The fraction of sp³-hybridized carbons (Fsp3) is 0.0556. The molecule has 0 fully saturated rings.